The van der Waals surface area contributed by atoms with Crippen molar-refractivity contribution in [2.24, 2.45) is 0 Å². The van der Waals surface area contributed by atoms with Crippen LogP contribution in [-0.4, -0.2) is 43.7 Å². The molecule has 1 amide bonds. The van der Waals surface area contributed by atoms with E-state index in [1.807, 2.05) is 12.1 Å². The van der Waals surface area contributed by atoms with Gasteiger partial charge in [-0.1, -0.05) is 0 Å². The van der Waals surface area contributed by atoms with E-state index in [1.165, 1.54) is 0 Å². The molecule has 0 aromatic carbocycles. The van der Waals surface area contributed by atoms with Crippen LogP contribution in [0.4, 0.5) is 5.69 Å². The van der Waals surface area contributed by atoms with Crippen LogP contribution in [0.3, 0.4) is 0 Å². The first-order valence-electron chi connectivity index (χ1n) is 6.26. The van der Waals surface area contributed by atoms with E-state index in [2.05, 4.69) is 10.3 Å². The summed E-state index contributed by atoms with van der Waals surface area (Å²) in [7, 11) is 1.74. The highest BCUT2D eigenvalue weighted by Gasteiger charge is 2.17. The Morgan fingerprint density at radius 3 is 3.00 bits per heavy atom. The Hall–Kier alpha value is -1.46. The van der Waals surface area contributed by atoms with Gasteiger partial charge in [-0.05, 0) is 38.1 Å². The van der Waals surface area contributed by atoms with Crippen LogP contribution in [-0.2, 0) is 9.53 Å². The summed E-state index contributed by atoms with van der Waals surface area (Å²) >= 11 is 0. The maximum absolute atomic E-state index is 11.9. The van der Waals surface area contributed by atoms with Gasteiger partial charge < -0.3 is 15.0 Å². The zero-order valence-corrected chi connectivity index (χ0v) is 10.6. The standard InChI is InChI=1S/C13H19N3O2/c1-16(11-3-2-6-15-9-11)13(17)10-18-12-4-7-14-8-5-12/h2-3,6,9,12,14H,4-5,7-8,10H2,1H3. The van der Waals surface area contributed by atoms with Crippen molar-refractivity contribution < 1.29 is 9.53 Å². The Kier molecular flexibility index (Phi) is 4.66. The molecule has 2 heterocycles. The molecule has 1 aliphatic rings. The summed E-state index contributed by atoms with van der Waals surface area (Å²) in [5.41, 5.74) is 0.788. The molecule has 0 atom stereocenters. The van der Waals surface area contributed by atoms with Gasteiger partial charge in [0.15, 0.2) is 0 Å². The molecule has 5 nitrogen and oxygen atoms in total. The molecule has 1 saturated heterocycles. The van der Waals surface area contributed by atoms with Crippen molar-refractivity contribution in [3.05, 3.63) is 24.5 Å². The first-order valence-corrected chi connectivity index (χ1v) is 6.26. The highest BCUT2D eigenvalue weighted by molar-refractivity contribution is 5.93. The van der Waals surface area contributed by atoms with Gasteiger partial charge in [-0.2, -0.15) is 0 Å². The van der Waals surface area contributed by atoms with E-state index in [-0.39, 0.29) is 18.6 Å². The lowest BCUT2D eigenvalue weighted by molar-refractivity contribution is -0.125. The molecule has 2 rings (SSSR count). The van der Waals surface area contributed by atoms with Gasteiger partial charge in [-0.25, -0.2) is 0 Å². The number of rotatable bonds is 4. The first kappa shape index (κ1) is 13.0. The number of piperidine rings is 1. The number of likely N-dealkylation sites (N-methyl/N-ethyl adjacent to an activating group) is 1. The van der Waals surface area contributed by atoms with Crippen molar-refractivity contribution in [3.63, 3.8) is 0 Å². The Bertz CT molecular complexity index is 377. The van der Waals surface area contributed by atoms with Crippen LogP contribution in [0.1, 0.15) is 12.8 Å². The molecule has 98 valence electrons. The van der Waals surface area contributed by atoms with Crippen LogP contribution in [0.2, 0.25) is 0 Å². The van der Waals surface area contributed by atoms with Gasteiger partial charge in [-0.15, -0.1) is 0 Å². The number of ether oxygens (including phenoxy) is 1. The second-order valence-electron chi connectivity index (χ2n) is 4.42. The summed E-state index contributed by atoms with van der Waals surface area (Å²) in [6.45, 7) is 2.07. The maximum atomic E-state index is 11.9. The molecule has 0 radical (unpaired) electrons. The van der Waals surface area contributed by atoms with Crippen LogP contribution in [0.25, 0.3) is 0 Å². The van der Waals surface area contributed by atoms with Crippen LogP contribution >= 0.6 is 0 Å². The second-order valence-corrected chi connectivity index (χ2v) is 4.42. The van der Waals surface area contributed by atoms with Gasteiger partial charge in [0.05, 0.1) is 18.0 Å². The summed E-state index contributed by atoms with van der Waals surface area (Å²) in [6.07, 6.45) is 5.52. The van der Waals surface area contributed by atoms with Crippen molar-refractivity contribution >= 4 is 11.6 Å². The van der Waals surface area contributed by atoms with Gasteiger partial charge in [-0.3, -0.25) is 9.78 Å². The fraction of sp³-hybridized carbons (Fsp3) is 0.538. The average molecular weight is 249 g/mol. The number of nitrogens with one attached hydrogen (secondary N) is 1. The molecule has 18 heavy (non-hydrogen) atoms. The predicted molar refractivity (Wildman–Crippen MR) is 69.5 cm³/mol. The third-order valence-corrected chi connectivity index (χ3v) is 3.14. The third-order valence-electron chi connectivity index (χ3n) is 3.14. The van der Waals surface area contributed by atoms with Crippen molar-refractivity contribution in [3.8, 4) is 0 Å². The summed E-state index contributed by atoms with van der Waals surface area (Å²) < 4.78 is 5.64. The van der Waals surface area contributed by atoms with Gasteiger partial charge >= 0.3 is 0 Å². The largest absolute Gasteiger partial charge is 0.368 e. The predicted octanol–water partition coefficient (Wildman–Crippen LogP) is 0.813. The SMILES string of the molecule is CN(C(=O)COC1CCNCC1)c1cccnc1. The number of amides is 1. The molecule has 1 aliphatic heterocycles. The minimum Gasteiger partial charge on any atom is -0.368 e. The molecule has 1 aromatic rings. The Labute approximate surface area is 107 Å². The van der Waals surface area contributed by atoms with Gasteiger partial charge in [0.2, 0.25) is 0 Å². The Balaban J connectivity index is 1.80. The number of carbonyl (C=O) groups excluding carboxylic acids is 1. The average Bonchev–Trinajstić information content (AvgIpc) is 2.46. The topological polar surface area (TPSA) is 54.5 Å². The zero-order chi connectivity index (χ0) is 12.8. The van der Waals surface area contributed by atoms with Gasteiger partial charge in [0.25, 0.3) is 5.91 Å². The number of anilines is 1. The minimum absolute atomic E-state index is 0.0402. The summed E-state index contributed by atoms with van der Waals surface area (Å²) in [5, 5.41) is 3.27. The summed E-state index contributed by atoms with van der Waals surface area (Å²) in [4.78, 5) is 17.5. The van der Waals surface area contributed by atoms with E-state index < -0.39 is 0 Å². The maximum Gasteiger partial charge on any atom is 0.252 e. The number of hydrogen-bond donors (Lipinski definition) is 1. The third kappa shape index (κ3) is 3.51. The van der Waals surface area contributed by atoms with Gasteiger partial charge in [0.1, 0.15) is 6.61 Å². The van der Waals surface area contributed by atoms with Crippen molar-refractivity contribution in [1.29, 1.82) is 0 Å². The van der Waals surface area contributed by atoms with E-state index in [1.54, 1.807) is 24.3 Å². The van der Waals surface area contributed by atoms with Gasteiger partial charge in [0, 0.05) is 13.2 Å². The molecular weight excluding hydrogens is 230 g/mol. The zero-order valence-electron chi connectivity index (χ0n) is 10.6. The Morgan fingerprint density at radius 1 is 1.56 bits per heavy atom. The van der Waals surface area contributed by atoms with E-state index in [4.69, 9.17) is 4.74 Å². The van der Waals surface area contributed by atoms with Crippen molar-refractivity contribution in [2.45, 2.75) is 18.9 Å². The molecule has 1 aromatic heterocycles. The fourth-order valence-corrected chi connectivity index (χ4v) is 1.94. The first-order chi connectivity index (χ1) is 8.77. The summed E-state index contributed by atoms with van der Waals surface area (Å²) in [6, 6.07) is 3.67. The molecule has 0 bridgehead atoms. The van der Waals surface area contributed by atoms with Crippen LogP contribution in [0.15, 0.2) is 24.5 Å². The minimum atomic E-state index is -0.0402. The van der Waals surface area contributed by atoms with Crippen LogP contribution in [0, 0.1) is 0 Å². The summed E-state index contributed by atoms with van der Waals surface area (Å²) in [5.74, 6) is -0.0402. The van der Waals surface area contributed by atoms with E-state index in [0.717, 1.165) is 31.6 Å². The van der Waals surface area contributed by atoms with E-state index in [9.17, 15) is 4.79 Å². The highest BCUT2D eigenvalue weighted by Crippen LogP contribution is 2.11. The van der Waals surface area contributed by atoms with Crippen LogP contribution in [0.5, 0.6) is 0 Å². The molecule has 1 fully saturated rings. The second kappa shape index (κ2) is 6.47. The molecule has 1 N–H and O–H groups in total. The quantitative estimate of drug-likeness (QED) is 0.858. The number of nitrogens with zero attached hydrogens (tertiary/aromatic N) is 2. The number of aromatic nitrogens is 1. The molecule has 0 aliphatic carbocycles. The van der Waals surface area contributed by atoms with Crippen LogP contribution < -0.4 is 10.2 Å². The number of hydrogen-bond acceptors (Lipinski definition) is 4. The highest BCUT2D eigenvalue weighted by atomic mass is 16.5. The molecule has 5 heteroatoms. The molecule has 0 saturated carbocycles. The number of carbonyl (C=O) groups is 1. The smallest absolute Gasteiger partial charge is 0.252 e. The van der Waals surface area contributed by atoms with Crippen molar-refractivity contribution in [1.82, 2.24) is 10.3 Å². The monoisotopic (exact) mass is 249 g/mol. The van der Waals surface area contributed by atoms with Crippen molar-refractivity contribution in [2.75, 3.05) is 31.6 Å². The number of pyridine rings is 1. The lowest BCUT2D eigenvalue weighted by Crippen LogP contribution is -2.36. The molecule has 0 spiro atoms. The molecular formula is C13H19N3O2. The fourth-order valence-electron chi connectivity index (χ4n) is 1.94. The van der Waals surface area contributed by atoms with E-state index >= 15 is 0 Å². The molecule has 0 unspecified atom stereocenters. The lowest BCUT2D eigenvalue weighted by Gasteiger charge is -2.24. The lowest BCUT2D eigenvalue weighted by atomic mass is 10.1. The normalized spacial score (nSPS) is 16.5. The Morgan fingerprint density at radius 2 is 2.33 bits per heavy atom. The van der Waals surface area contributed by atoms with E-state index in [0.29, 0.717) is 0 Å².